The number of fused-ring (bicyclic) bond motifs is 1. The average Bonchev–Trinajstić information content (AvgIpc) is 2.75. The number of pyridine rings is 1. The zero-order valence-corrected chi connectivity index (χ0v) is 11.6. The van der Waals surface area contributed by atoms with E-state index >= 15 is 0 Å². The maximum absolute atomic E-state index is 11.9. The van der Waals surface area contributed by atoms with Gasteiger partial charge in [0.1, 0.15) is 6.04 Å². The van der Waals surface area contributed by atoms with Gasteiger partial charge < -0.3 is 10.8 Å². The van der Waals surface area contributed by atoms with E-state index in [9.17, 15) is 9.59 Å². The summed E-state index contributed by atoms with van der Waals surface area (Å²) in [5.41, 5.74) is 5.86. The van der Waals surface area contributed by atoms with Crippen LogP contribution in [0.1, 0.15) is 6.42 Å². The van der Waals surface area contributed by atoms with Crippen molar-refractivity contribution in [1.29, 1.82) is 0 Å². The Hall–Kier alpha value is -1.80. The summed E-state index contributed by atoms with van der Waals surface area (Å²) in [6, 6.07) is 4.56. The largest absolute Gasteiger partial charge is 0.480 e. The predicted molar refractivity (Wildman–Crippen MR) is 77.0 cm³/mol. The highest BCUT2D eigenvalue weighted by molar-refractivity contribution is 7.99. The van der Waals surface area contributed by atoms with Crippen LogP contribution in [0.3, 0.4) is 0 Å². The number of aromatic nitrogens is 3. The summed E-state index contributed by atoms with van der Waals surface area (Å²) >= 11 is 1.56. The molecule has 108 valence electrons. The van der Waals surface area contributed by atoms with Gasteiger partial charge >= 0.3 is 11.7 Å². The van der Waals surface area contributed by atoms with Gasteiger partial charge in [0.15, 0.2) is 5.65 Å². The summed E-state index contributed by atoms with van der Waals surface area (Å²) in [5, 5.41) is 12.8. The van der Waals surface area contributed by atoms with Crippen molar-refractivity contribution in [3.8, 4) is 0 Å². The van der Waals surface area contributed by atoms with Crippen molar-refractivity contribution in [3.63, 3.8) is 0 Å². The van der Waals surface area contributed by atoms with Crippen LogP contribution in [0.25, 0.3) is 5.65 Å². The van der Waals surface area contributed by atoms with Crippen LogP contribution in [0.2, 0.25) is 0 Å². The van der Waals surface area contributed by atoms with Gasteiger partial charge in [-0.05, 0) is 24.3 Å². The molecule has 0 aliphatic rings. The van der Waals surface area contributed by atoms with Gasteiger partial charge in [-0.15, -0.1) is 5.10 Å². The lowest BCUT2D eigenvalue weighted by Gasteiger charge is -2.05. The van der Waals surface area contributed by atoms with E-state index in [-0.39, 0.29) is 5.69 Å². The van der Waals surface area contributed by atoms with E-state index in [1.807, 2.05) is 6.07 Å². The Kier molecular flexibility index (Phi) is 4.80. The lowest BCUT2D eigenvalue weighted by atomic mass is 10.2. The predicted octanol–water partition coefficient (Wildman–Crippen LogP) is 0.0312. The third-order valence-electron chi connectivity index (χ3n) is 2.83. The van der Waals surface area contributed by atoms with Crippen molar-refractivity contribution in [3.05, 3.63) is 34.9 Å². The van der Waals surface area contributed by atoms with Gasteiger partial charge in [0, 0.05) is 11.9 Å². The fraction of sp³-hybridized carbons (Fsp3) is 0.417. The van der Waals surface area contributed by atoms with Crippen LogP contribution < -0.4 is 11.4 Å². The second-order valence-corrected chi connectivity index (χ2v) is 5.51. The minimum absolute atomic E-state index is 0.163. The molecule has 0 amide bonds. The molecule has 1 atom stereocenters. The first-order valence-corrected chi connectivity index (χ1v) is 7.35. The monoisotopic (exact) mass is 296 g/mol. The first-order chi connectivity index (χ1) is 9.59. The molecule has 2 aromatic rings. The lowest BCUT2D eigenvalue weighted by molar-refractivity contribution is -0.138. The molecule has 1 unspecified atom stereocenters. The van der Waals surface area contributed by atoms with Crippen LogP contribution in [0.5, 0.6) is 0 Å². The van der Waals surface area contributed by atoms with E-state index in [0.29, 0.717) is 30.1 Å². The number of carbonyl (C=O) groups is 1. The van der Waals surface area contributed by atoms with Gasteiger partial charge in [-0.25, -0.2) is 9.48 Å². The number of carboxylic acid groups (broad SMARTS) is 1. The molecule has 2 aromatic heterocycles. The van der Waals surface area contributed by atoms with Crippen molar-refractivity contribution in [2.24, 2.45) is 5.73 Å². The molecule has 0 radical (unpaired) electrons. The van der Waals surface area contributed by atoms with Gasteiger partial charge in [-0.3, -0.25) is 9.20 Å². The fourth-order valence-corrected chi connectivity index (χ4v) is 2.63. The molecule has 0 fully saturated rings. The van der Waals surface area contributed by atoms with E-state index in [2.05, 4.69) is 5.10 Å². The minimum Gasteiger partial charge on any atom is -0.480 e. The summed E-state index contributed by atoms with van der Waals surface area (Å²) in [6.07, 6.45) is 2.10. The summed E-state index contributed by atoms with van der Waals surface area (Å²) in [5.74, 6) is 0.355. The molecule has 2 heterocycles. The Labute approximate surface area is 119 Å². The van der Waals surface area contributed by atoms with Crippen molar-refractivity contribution < 1.29 is 9.90 Å². The highest BCUT2D eigenvalue weighted by atomic mass is 32.2. The number of aryl methyl sites for hydroxylation is 1. The van der Waals surface area contributed by atoms with Gasteiger partial charge in [-0.1, -0.05) is 6.07 Å². The summed E-state index contributed by atoms with van der Waals surface area (Å²) in [6.45, 7) is 0.494. The van der Waals surface area contributed by atoms with Crippen LogP contribution in [0.4, 0.5) is 0 Å². The quantitative estimate of drug-likeness (QED) is 0.699. The maximum Gasteiger partial charge on any atom is 0.350 e. The van der Waals surface area contributed by atoms with Gasteiger partial charge in [-0.2, -0.15) is 11.8 Å². The number of rotatable bonds is 7. The number of nitrogens with zero attached hydrogens (tertiary/aromatic N) is 3. The minimum atomic E-state index is -0.984. The third kappa shape index (κ3) is 3.40. The Balaban J connectivity index is 1.83. The smallest absolute Gasteiger partial charge is 0.350 e. The molecular formula is C12H16N4O3S. The molecule has 0 saturated carbocycles. The highest BCUT2D eigenvalue weighted by Crippen LogP contribution is 2.05. The van der Waals surface area contributed by atoms with Gasteiger partial charge in [0.25, 0.3) is 0 Å². The third-order valence-corrected chi connectivity index (χ3v) is 3.82. The first-order valence-electron chi connectivity index (χ1n) is 6.20. The normalized spacial score (nSPS) is 12.7. The zero-order valence-electron chi connectivity index (χ0n) is 10.8. The Morgan fingerprint density at radius 2 is 2.25 bits per heavy atom. The molecule has 8 heteroatoms. The number of nitrogens with two attached hydrogens (primary N) is 1. The number of hydrogen-bond donors (Lipinski definition) is 2. The fourth-order valence-electron chi connectivity index (χ4n) is 1.70. The van der Waals surface area contributed by atoms with E-state index < -0.39 is 12.0 Å². The summed E-state index contributed by atoms with van der Waals surface area (Å²) < 4.78 is 2.91. The van der Waals surface area contributed by atoms with Crippen LogP contribution in [-0.4, -0.2) is 42.8 Å². The topological polar surface area (TPSA) is 103 Å². The van der Waals surface area contributed by atoms with Crippen molar-refractivity contribution >= 4 is 23.4 Å². The Morgan fingerprint density at radius 1 is 1.45 bits per heavy atom. The molecule has 7 nitrogen and oxygen atoms in total. The van der Waals surface area contributed by atoms with E-state index in [4.69, 9.17) is 10.8 Å². The average molecular weight is 296 g/mol. The second kappa shape index (κ2) is 6.58. The van der Waals surface area contributed by atoms with Crippen molar-refractivity contribution in [2.45, 2.75) is 19.0 Å². The first kappa shape index (κ1) is 14.6. The molecule has 3 N–H and O–H groups in total. The highest BCUT2D eigenvalue weighted by Gasteiger charge is 2.10. The van der Waals surface area contributed by atoms with Gasteiger partial charge in [0.2, 0.25) is 0 Å². The molecule has 20 heavy (non-hydrogen) atoms. The van der Waals surface area contributed by atoms with Gasteiger partial charge in [0.05, 0.1) is 6.54 Å². The molecule has 0 spiro atoms. The van der Waals surface area contributed by atoms with Crippen LogP contribution in [0, 0.1) is 0 Å². The number of thioether (sulfide) groups is 1. The molecule has 0 aromatic carbocycles. The summed E-state index contributed by atoms with van der Waals surface area (Å²) in [7, 11) is 0. The maximum atomic E-state index is 11.9. The van der Waals surface area contributed by atoms with E-state index in [1.165, 1.54) is 9.08 Å². The molecule has 0 bridgehead atoms. The van der Waals surface area contributed by atoms with Crippen LogP contribution >= 0.6 is 11.8 Å². The number of hydrogen-bond acceptors (Lipinski definition) is 5. The van der Waals surface area contributed by atoms with Crippen molar-refractivity contribution in [1.82, 2.24) is 14.2 Å². The van der Waals surface area contributed by atoms with E-state index in [1.54, 1.807) is 30.1 Å². The standard InChI is InChI=1S/C12H16N4O3S/c13-9(11(17)18)4-7-20-8-6-16-12(19)15-5-2-1-3-10(15)14-16/h1-3,5,9H,4,6-8,13H2,(H,17,18). The zero-order chi connectivity index (χ0) is 14.5. The second-order valence-electron chi connectivity index (χ2n) is 4.28. The molecular weight excluding hydrogens is 280 g/mol. The number of carboxylic acids is 1. The number of aliphatic carboxylic acids is 1. The molecule has 0 aliphatic carbocycles. The lowest BCUT2D eigenvalue weighted by Crippen LogP contribution is -2.30. The molecule has 0 saturated heterocycles. The van der Waals surface area contributed by atoms with Crippen LogP contribution in [-0.2, 0) is 11.3 Å². The SMILES string of the molecule is NC(CCSCCn1nc2ccccn2c1=O)C(=O)O. The van der Waals surface area contributed by atoms with E-state index in [0.717, 1.165) is 0 Å². The van der Waals surface area contributed by atoms with Crippen molar-refractivity contribution in [2.75, 3.05) is 11.5 Å². The summed E-state index contributed by atoms with van der Waals surface area (Å²) in [4.78, 5) is 22.5. The Morgan fingerprint density at radius 3 is 2.95 bits per heavy atom. The molecule has 0 aliphatic heterocycles. The Bertz CT molecular complexity index is 651. The molecule has 2 rings (SSSR count). The van der Waals surface area contributed by atoms with Crippen LogP contribution in [0.15, 0.2) is 29.2 Å².